The van der Waals surface area contributed by atoms with E-state index in [1.54, 1.807) is 19.1 Å². The van der Waals surface area contributed by atoms with E-state index in [0.717, 1.165) is 5.70 Å². The standard InChI is InChI=1S/C21H24Cl2N4O3/c1-11-16(20-25-13(3)26-30-20)18(14-7-6-8-15(22)19(14)23)17(12(2)24-11)21(28)29-10-9-27(4)5/h6-8,18,24H,9-10H2,1-5H3. The zero-order valence-electron chi connectivity index (χ0n) is 17.5. The Morgan fingerprint density at radius 3 is 2.60 bits per heavy atom. The summed E-state index contributed by atoms with van der Waals surface area (Å²) in [6.07, 6.45) is 0. The van der Waals surface area contributed by atoms with Gasteiger partial charge in [0, 0.05) is 23.5 Å². The largest absolute Gasteiger partial charge is 0.461 e. The fraction of sp³-hybridized carbons (Fsp3) is 0.381. The van der Waals surface area contributed by atoms with Gasteiger partial charge in [0.2, 0.25) is 0 Å². The van der Waals surface area contributed by atoms with Crippen LogP contribution in [0.15, 0.2) is 39.7 Å². The number of hydrogen-bond donors (Lipinski definition) is 1. The van der Waals surface area contributed by atoms with E-state index >= 15 is 0 Å². The minimum absolute atomic E-state index is 0.260. The number of aromatic nitrogens is 2. The summed E-state index contributed by atoms with van der Waals surface area (Å²) in [6, 6.07) is 5.33. The number of esters is 1. The number of nitrogens with zero attached hydrogens (tertiary/aromatic N) is 3. The molecule has 1 aromatic heterocycles. The van der Waals surface area contributed by atoms with Gasteiger partial charge in [-0.15, -0.1) is 0 Å². The number of nitrogens with one attached hydrogen (secondary N) is 1. The molecule has 0 spiro atoms. The van der Waals surface area contributed by atoms with Gasteiger partial charge in [0.05, 0.1) is 21.5 Å². The molecule has 0 fully saturated rings. The number of allylic oxidation sites excluding steroid dienone is 3. The van der Waals surface area contributed by atoms with Crippen LogP contribution in [-0.4, -0.2) is 48.3 Å². The number of carbonyl (C=O) groups excluding carboxylic acids is 1. The van der Waals surface area contributed by atoms with E-state index < -0.39 is 11.9 Å². The summed E-state index contributed by atoms with van der Waals surface area (Å²) >= 11 is 12.9. The number of ether oxygens (including phenoxy) is 1. The highest BCUT2D eigenvalue weighted by Gasteiger charge is 2.38. The lowest BCUT2D eigenvalue weighted by Crippen LogP contribution is -2.30. The van der Waals surface area contributed by atoms with Crippen molar-refractivity contribution in [3.63, 3.8) is 0 Å². The van der Waals surface area contributed by atoms with E-state index in [2.05, 4.69) is 15.5 Å². The van der Waals surface area contributed by atoms with Crippen molar-refractivity contribution in [3.8, 4) is 0 Å². The minimum Gasteiger partial charge on any atom is -0.461 e. The molecule has 0 radical (unpaired) electrons. The molecule has 30 heavy (non-hydrogen) atoms. The Bertz CT molecular complexity index is 1030. The maximum Gasteiger partial charge on any atom is 0.336 e. The Kier molecular flexibility index (Phi) is 6.85. The quantitative estimate of drug-likeness (QED) is 0.660. The summed E-state index contributed by atoms with van der Waals surface area (Å²) in [7, 11) is 3.83. The lowest BCUT2D eigenvalue weighted by Gasteiger charge is -2.30. The number of hydrogen-bond acceptors (Lipinski definition) is 7. The molecule has 0 saturated carbocycles. The van der Waals surface area contributed by atoms with Crippen LogP contribution in [0.1, 0.15) is 37.0 Å². The minimum atomic E-state index is -0.579. The third-order valence-electron chi connectivity index (χ3n) is 4.80. The topological polar surface area (TPSA) is 80.5 Å². The van der Waals surface area contributed by atoms with Crippen LogP contribution in [0.25, 0.3) is 5.57 Å². The molecule has 1 aromatic carbocycles. The van der Waals surface area contributed by atoms with Crippen molar-refractivity contribution in [1.82, 2.24) is 20.4 Å². The van der Waals surface area contributed by atoms with E-state index in [1.807, 2.05) is 38.9 Å². The van der Waals surface area contributed by atoms with E-state index in [1.165, 1.54) is 0 Å². The second kappa shape index (κ2) is 9.20. The first kappa shape index (κ1) is 22.3. The van der Waals surface area contributed by atoms with Gasteiger partial charge in [-0.05, 0) is 46.5 Å². The average molecular weight is 451 g/mol. The summed E-state index contributed by atoms with van der Waals surface area (Å²) in [4.78, 5) is 19.5. The molecular weight excluding hydrogens is 427 g/mol. The van der Waals surface area contributed by atoms with Crippen molar-refractivity contribution in [2.75, 3.05) is 27.2 Å². The fourth-order valence-corrected chi connectivity index (χ4v) is 3.82. The Balaban J connectivity index is 2.13. The van der Waals surface area contributed by atoms with Gasteiger partial charge in [0.25, 0.3) is 5.89 Å². The first-order valence-electron chi connectivity index (χ1n) is 9.45. The summed E-state index contributed by atoms with van der Waals surface area (Å²) in [5.41, 5.74) is 3.19. The molecule has 9 heteroatoms. The number of likely N-dealkylation sites (N-methyl/N-ethyl adjacent to an activating group) is 1. The van der Waals surface area contributed by atoms with Crippen molar-refractivity contribution >= 4 is 34.7 Å². The van der Waals surface area contributed by atoms with Gasteiger partial charge in [-0.1, -0.05) is 40.5 Å². The van der Waals surface area contributed by atoms with Crippen LogP contribution in [0.2, 0.25) is 10.0 Å². The molecule has 1 aliphatic heterocycles. The summed E-state index contributed by atoms with van der Waals surface area (Å²) in [5, 5.41) is 7.91. The van der Waals surface area contributed by atoms with Crippen molar-refractivity contribution in [2.24, 2.45) is 0 Å². The molecule has 1 unspecified atom stereocenters. The molecule has 1 N–H and O–H groups in total. The molecule has 0 bridgehead atoms. The summed E-state index contributed by atoms with van der Waals surface area (Å²) < 4.78 is 11.0. The van der Waals surface area contributed by atoms with Crippen molar-refractivity contribution in [1.29, 1.82) is 0 Å². The molecular formula is C21H24Cl2N4O3. The molecule has 3 rings (SSSR count). The molecule has 1 aliphatic rings. The average Bonchev–Trinajstić information content (AvgIpc) is 3.08. The highest BCUT2D eigenvalue weighted by Crippen LogP contribution is 2.46. The Morgan fingerprint density at radius 1 is 1.23 bits per heavy atom. The number of halogens is 2. The predicted octanol–water partition coefficient (Wildman–Crippen LogP) is 4.18. The highest BCUT2D eigenvalue weighted by molar-refractivity contribution is 6.42. The van der Waals surface area contributed by atoms with Gasteiger partial charge in [0.1, 0.15) is 6.61 Å². The number of carbonyl (C=O) groups is 1. The molecule has 2 aromatic rings. The van der Waals surface area contributed by atoms with Crippen LogP contribution >= 0.6 is 23.2 Å². The van der Waals surface area contributed by atoms with Crippen LogP contribution < -0.4 is 5.32 Å². The normalized spacial score (nSPS) is 16.9. The lowest BCUT2D eigenvalue weighted by molar-refractivity contribution is -0.139. The fourth-order valence-electron chi connectivity index (χ4n) is 3.41. The zero-order chi connectivity index (χ0) is 22.0. The predicted molar refractivity (Wildman–Crippen MR) is 116 cm³/mol. The molecule has 160 valence electrons. The Labute approximate surface area is 185 Å². The van der Waals surface area contributed by atoms with E-state index in [9.17, 15) is 4.79 Å². The molecule has 0 aliphatic carbocycles. The Hall–Kier alpha value is -2.35. The number of aryl methyl sites for hydroxylation is 1. The first-order chi connectivity index (χ1) is 14.2. The summed E-state index contributed by atoms with van der Waals surface area (Å²) in [6.45, 7) is 6.32. The van der Waals surface area contributed by atoms with Crippen LogP contribution in [0, 0.1) is 6.92 Å². The molecule has 0 amide bonds. The van der Waals surface area contributed by atoms with Crippen LogP contribution in [0.3, 0.4) is 0 Å². The van der Waals surface area contributed by atoms with Gasteiger partial charge >= 0.3 is 5.97 Å². The van der Waals surface area contributed by atoms with Gasteiger partial charge in [0.15, 0.2) is 5.82 Å². The first-order valence-corrected chi connectivity index (χ1v) is 10.2. The molecule has 1 atom stereocenters. The van der Waals surface area contributed by atoms with Gasteiger partial charge in [-0.3, -0.25) is 0 Å². The monoisotopic (exact) mass is 450 g/mol. The van der Waals surface area contributed by atoms with Crippen molar-refractivity contribution in [2.45, 2.75) is 26.7 Å². The maximum atomic E-state index is 13.2. The third kappa shape index (κ3) is 4.53. The SMILES string of the molecule is CC1=C(C(=O)OCCN(C)C)C(c2cccc(Cl)c2Cl)C(c2nc(C)no2)=C(C)N1. The highest BCUT2D eigenvalue weighted by atomic mass is 35.5. The van der Waals surface area contributed by atoms with Crippen LogP contribution in [0.4, 0.5) is 0 Å². The zero-order valence-corrected chi connectivity index (χ0v) is 19.1. The van der Waals surface area contributed by atoms with Gasteiger partial charge in [-0.25, -0.2) is 4.79 Å². The lowest BCUT2D eigenvalue weighted by atomic mass is 9.80. The number of dihydropyridines is 1. The van der Waals surface area contributed by atoms with E-state index in [0.29, 0.717) is 50.7 Å². The third-order valence-corrected chi connectivity index (χ3v) is 5.64. The van der Waals surface area contributed by atoms with Crippen molar-refractivity contribution in [3.05, 3.63) is 62.5 Å². The smallest absolute Gasteiger partial charge is 0.336 e. The van der Waals surface area contributed by atoms with Gasteiger partial charge < -0.3 is 19.5 Å². The van der Waals surface area contributed by atoms with Crippen molar-refractivity contribution < 1.29 is 14.1 Å². The molecule has 2 heterocycles. The van der Waals surface area contributed by atoms with Crippen LogP contribution in [0.5, 0.6) is 0 Å². The van der Waals surface area contributed by atoms with E-state index in [-0.39, 0.29) is 6.61 Å². The maximum absolute atomic E-state index is 13.2. The molecule has 0 saturated heterocycles. The second-order valence-electron chi connectivity index (χ2n) is 7.36. The van der Waals surface area contributed by atoms with E-state index in [4.69, 9.17) is 32.5 Å². The number of benzene rings is 1. The second-order valence-corrected chi connectivity index (χ2v) is 8.15. The molecule has 7 nitrogen and oxygen atoms in total. The Morgan fingerprint density at radius 2 is 1.97 bits per heavy atom. The van der Waals surface area contributed by atoms with Gasteiger partial charge in [-0.2, -0.15) is 4.98 Å². The van der Waals surface area contributed by atoms with Crippen LogP contribution in [-0.2, 0) is 9.53 Å². The summed E-state index contributed by atoms with van der Waals surface area (Å²) in [5.74, 6) is -0.222. The number of rotatable bonds is 6.